The molecule has 1 aromatic carbocycles. The van der Waals surface area contributed by atoms with Crippen molar-refractivity contribution in [2.45, 2.75) is 19.4 Å². The smallest absolute Gasteiger partial charge is 0.150 e. The molecule has 0 aliphatic carbocycles. The Kier molecular flexibility index (Phi) is 3.86. The summed E-state index contributed by atoms with van der Waals surface area (Å²) in [5, 5.41) is 9.28. The molecule has 0 spiro atoms. The zero-order chi connectivity index (χ0) is 12.4. The number of benzene rings is 1. The molecular weight excluding hydrogens is 305 g/mol. The molecule has 1 unspecified atom stereocenters. The second kappa shape index (κ2) is 5.20. The van der Waals surface area contributed by atoms with Crippen LogP contribution in [0.25, 0.3) is 10.6 Å². The molecule has 2 rings (SSSR count). The molecule has 1 atom stereocenters. The first kappa shape index (κ1) is 12.6. The van der Waals surface area contributed by atoms with E-state index in [0.29, 0.717) is 10.6 Å². The molecular formula is C11H11BrFN3S. The van der Waals surface area contributed by atoms with Crippen LogP contribution in [0.1, 0.15) is 24.4 Å². The van der Waals surface area contributed by atoms with Crippen molar-refractivity contribution < 1.29 is 4.39 Å². The van der Waals surface area contributed by atoms with Crippen molar-refractivity contribution in [1.82, 2.24) is 10.2 Å². The summed E-state index contributed by atoms with van der Waals surface area (Å²) in [4.78, 5) is 0. The Labute approximate surface area is 111 Å². The third-order valence-electron chi connectivity index (χ3n) is 2.36. The Morgan fingerprint density at radius 2 is 2.24 bits per heavy atom. The number of hydrogen-bond donors (Lipinski definition) is 1. The quantitative estimate of drug-likeness (QED) is 0.942. The van der Waals surface area contributed by atoms with E-state index in [4.69, 9.17) is 5.73 Å². The summed E-state index contributed by atoms with van der Waals surface area (Å²) in [6.07, 6.45) is 0.787. The number of rotatable bonds is 3. The monoisotopic (exact) mass is 315 g/mol. The van der Waals surface area contributed by atoms with Gasteiger partial charge in [0.1, 0.15) is 10.8 Å². The van der Waals surface area contributed by atoms with Gasteiger partial charge in [0, 0.05) is 10.0 Å². The summed E-state index contributed by atoms with van der Waals surface area (Å²) in [5.74, 6) is -0.305. The molecule has 2 aromatic rings. The third-order valence-corrected chi connectivity index (χ3v) is 3.94. The third kappa shape index (κ3) is 2.70. The fourth-order valence-corrected chi connectivity index (χ4v) is 2.64. The fraction of sp³-hybridized carbons (Fsp3) is 0.273. The molecule has 0 saturated heterocycles. The highest BCUT2D eigenvalue weighted by Crippen LogP contribution is 2.30. The lowest BCUT2D eigenvalue weighted by Gasteiger charge is -2.01. The topological polar surface area (TPSA) is 51.8 Å². The van der Waals surface area contributed by atoms with E-state index in [2.05, 4.69) is 26.1 Å². The SMILES string of the molecule is CCC(N)c1nnc(-c2cc(Br)ccc2F)s1. The zero-order valence-corrected chi connectivity index (χ0v) is 11.6. The summed E-state index contributed by atoms with van der Waals surface area (Å²) >= 11 is 4.64. The zero-order valence-electron chi connectivity index (χ0n) is 9.15. The van der Waals surface area contributed by atoms with Gasteiger partial charge in [0.25, 0.3) is 0 Å². The molecule has 1 aromatic heterocycles. The van der Waals surface area contributed by atoms with E-state index in [0.717, 1.165) is 15.9 Å². The van der Waals surface area contributed by atoms with Gasteiger partial charge in [0.05, 0.1) is 6.04 Å². The van der Waals surface area contributed by atoms with Crippen LogP contribution in [0.2, 0.25) is 0 Å². The van der Waals surface area contributed by atoms with E-state index in [1.165, 1.54) is 17.4 Å². The van der Waals surface area contributed by atoms with E-state index in [1.54, 1.807) is 12.1 Å². The van der Waals surface area contributed by atoms with Crippen LogP contribution in [-0.4, -0.2) is 10.2 Å². The van der Waals surface area contributed by atoms with Crippen molar-refractivity contribution in [3.05, 3.63) is 33.5 Å². The highest BCUT2D eigenvalue weighted by Gasteiger charge is 2.14. The van der Waals surface area contributed by atoms with Crippen molar-refractivity contribution in [2.75, 3.05) is 0 Å². The van der Waals surface area contributed by atoms with Crippen LogP contribution in [0, 0.1) is 5.82 Å². The largest absolute Gasteiger partial charge is 0.322 e. The van der Waals surface area contributed by atoms with E-state index >= 15 is 0 Å². The maximum atomic E-state index is 13.6. The molecule has 0 radical (unpaired) electrons. The molecule has 0 aliphatic heterocycles. The van der Waals surface area contributed by atoms with Gasteiger partial charge in [0.2, 0.25) is 0 Å². The number of nitrogens with two attached hydrogens (primary N) is 1. The Morgan fingerprint density at radius 3 is 2.94 bits per heavy atom. The molecule has 0 bridgehead atoms. The molecule has 6 heteroatoms. The van der Waals surface area contributed by atoms with E-state index in [9.17, 15) is 4.39 Å². The maximum Gasteiger partial charge on any atom is 0.150 e. The fourth-order valence-electron chi connectivity index (χ4n) is 1.33. The minimum absolute atomic E-state index is 0.128. The summed E-state index contributed by atoms with van der Waals surface area (Å²) in [5.41, 5.74) is 6.31. The molecule has 1 heterocycles. The van der Waals surface area contributed by atoms with Gasteiger partial charge in [-0.15, -0.1) is 10.2 Å². The Bertz CT molecular complexity index is 529. The molecule has 0 fully saturated rings. The molecule has 90 valence electrons. The summed E-state index contributed by atoms with van der Waals surface area (Å²) in [6.45, 7) is 1.98. The molecule has 3 nitrogen and oxygen atoms in total. The average molecular weight is 316 g/mol. The highest BCUT2D eigenvalue weighted by atomic mass is 79.9. The normalized spacial score (nSPS) is 12.7. The van der Waals surface area contributed by atoms with Crippen molar-refractivity contribution in [3.63, 3.8) is 0 Å². The Hall–Kier alpha value is -0.850. The second-order valence-electron chi connectivity index (χ2n) is 3.58. The van der Waals surface area contributed by atoms with Gasteiger partial charge in [-0.1, -0.05) is 34.2 Å². The number of halogens is 2. The van der Waals surface area contributed by atoms with Crippen LogP contribution in [0.15, 0.2) is 22.7 Å². The average Bonchev–Trinajstić information content (AvgIpc) is 2.80. The standard InChI is InChI=1S/C11H11BrFN3S/c1-2-9(14)11-16-15-10(17-11)7-5-6(12)3-4-8(7)13/h3-5,9H,2,14H2,1H3. The van der Waals surface area contributed by atoms with Gasteiger partial charge < -0.3 is 5.73 Å². The Balaban J connectivity index is 2.40. The van der Waals surface area contributed by atoms with Crippen LogP contribution in [0.3, 0.4) is 0 Å². The molecule has 0 aliphatic rings. The molecule has 17 heavy (non-hydrogen) atoms. The van der Waals surface area contributed by atoms with Gasteiger partial charge in [0.15, 0.2) is 5.01 Å². The van der Waals surface area contributed by atoms with Crippen molar-refractivity contribution in [2.24, 2.45) is 5.73 Å². The van der Waals surface area contributed by atoms with Crippen LogP contribution >= 0.6 is 27.3 Å². The molecule has 0 amide bonds. The van der Waals surface area contributed by atoms with Gasteiger partial charge in [-0.25, -0.2) is 4.39 Å². The lowest BCUT2D eigenvalue weighted by atomic mass is 10.2. The van der Waals surface area contributed by atoms with Crippen molar-refractivity contribution in [3.8, 4) is 10.6 Å². The first-order valence-electron chi connectivity index (χ1n) is 5.16. The lowest BCUT2D eigenvalue weighted by molar-refractivity contribution is 0.630. The van der Waals surface area contributed by atoms with Crippen molar-refractivity contribution in [1.29, 1.82) is 0 Å². The summed E-state index contributed by atoms with van der Waals surface area (Å²) < 4.78 is 14.4. The predicted octanol–water partition coefficient (Wildman–Crippen LogP) is 3.52. The summed E-state index contributed by atoms with van der Waals surface area (Å²) in [6, 6.07) is 4.62. The first-order valence-corrected chi connectivity index (χ1v) is 6.77. The van der Waals surface area contributed by atoms with Gasteiger partial charge >= 0.3 is 0 Å². The van der Waals surface area contributed by atoms with Gasteiger partial charge in [-0.3, -0.25) is 0 Å². The maximum absolute atomic E-state index is 13.6. The first-order chi connectivity index (χ1) is 8.11. The van der Waals surface area contributed by atoms with Gasteiger partial charge in [-0.2, -0.15) is 0 Å². The highest BCUT2D eigenvalue weighted by molar-refractivity contribution is 9.10. The van der Waals surface area contributed by atoms with Crippen molar-refractivity contribution >= 4 is 27.3 Å². The lowest BCUT2D eigenvalue weighted by Crippen LogP contribution is -2.07. The van der Waals surface area contributed by atoms with Crippen LogP contribution in [-0.2, 0) is 0 Å². The number of hydrogen-bond acceptors (Lipinski definition) is 4. The van der Waals surface area contributed by atoms with Crippen LogP contribution in [0.5, 0.6) is 0 Å². The van der Waals surface area contributed by atoms with Crippen LogP contribution < -0.4 is 5.73 Å². The molecule has 2 N–H and O–H groups in total. The van der Waals surface area contributed by atoms with E-state index in [1.807, 2.05) is 6.92 Å². The second-order valence-corrected chi connectivity index (χ2v) is 5.51. The minimum atomic E-state index is -0.305. The van der Waals surface area contributed by atoms with E-state index in [-0.39, 0.29) is 11.9 Å². The number of aromatic nitrogens is 2. The van der Waals surface area contributed by atoms with Crippen LogP contribution in [0.4, 0.5) is 4.39 Å². The number of nitrogens with zero attached hydrogens (tertiary/aromatic N) is 2. The summed E-state index contributed by atoms with van der Waals surface area (Å²) in [7, 11) is 0. The minimum Gasteiger partial charge on any atom is -0.322 e. The van der Waals surface area contributed by atoms with E-state index < -0.39 is 0 Å². The predicted molar refractivity (Wildman–Crippen MR) is 70.2 cm³/mol. The Morgan fingerprint density at radius 1 is 1.47 bits per heavy atom. The van der Waals surface area contributed by atoms with Gasteiger partial charge in [-0.05, 0) is 24.6 Å². The molecule has 0 saturated carbocycles.